The van der Waals surface area contributed by atoms with Crippen LogP contribution in [0, 0.1) is 5.92 Å². The van der Waals surface area contributed by atoms with Crippen molar-refractivity contribution in [1.29, 1.82) is 0 Å². The number of aromatic nitrogens is 1. The summed E-state index contributed by atoms with van der Waals surface area (Å²) in [6, 6.07) is 6.22. The zero-order chi connectivity index (χ0) is 15.7. The van der Waals surface area contributed by atoms with Crippen molar-refractivity contribution in [3.8, 4) is 5.75 Å². The van der Waals surface area contributed by atoms with Crippen LogP contribution in [0.15, 0.2) is 18.2 Å². The number of carbonyl (C=O) groups excluding carboxylic acids is 1. The first kappa shape index (κ1) is 14.9. The first-order chi connectivity index (χ1) is 10.6. The molecule has 118 valence electrons. The Morgan fingerprint density at radius 1 is 1.45 bits per heavy atom. The van der Waals surface area contributed by atoms with Crippen LogP contribution >= 0.6 is 0 Å². The second-order valence-electron chi connectivity index (χ2n) is 6.54. The molecule has 0 saturated heterocycles. The quantitative estimate of drug-likeness (QED) is 0.904. The molecule has 0 fully saturated rings. The van der Waals surface area contributed by atoms with Crippen LogP contribution in [0.4, 0.5) is 0 Å². The third-order valence-corrected chi connectivity index (χ3v) is 4.34. The van der Waals surface area contributed by atoms with Crippen molar-refractivity contribution in [2.45, 2.75) is 45.6 Å². The molecule has 1 aromatic heterocycles. The number of nitrogens with one attached hydrogen (secondary N) is 2. The van der Waals surface area contributed by atoms with E-state index in [4.69, 9.17) is 4.74 Å². The number of aryl methyl sites for hydroxylation is 1. The predicted molar refractivity (Wildman–Crippen MR) is 88.1 cm³/mol. The number of fused-ring (bicyclic) bond motifs is 3. The van der Waals surface area contributed by atoms with Crippen molar-refractivity contribution >= 4 is 16.8 Å². The molecule has 0 unspecified atom stereocenters. The van der Waals surface area contributed by atoms with E-state index in [1.54, 1.807) is 7.11 Å². The molecule has 1 amide bonds. The van der Waals surface area contributed by atoms with Gasteiger partial charge in [0, 0.05) is 23.0 Å². The van der Waals surface area contributed by atoms with Crippen LogP contribution in [0.2, 0.25) is 0 Å². The Morgan fingerprint density at radius 3 is 3.00 bits per heavy atom. The minimum atomic E-state index is 0.105. The van der Waals surface area contributed by atoms with Gasteiger partial charge in [0.05, 0.1) is 13.2 Å². The van der Waals surface area contributed by atoms with Gasteiger partial charge in [-0.25, -0.2) is 0 Å². The molecule has 2 N–H and O–H groups in total. The molecule has 1 aliphatic rings. The molecule has 0 aliphatic heterocycles. The molecular weight excluding hydrogens is 276 g/mol. The van der Waals surface area contributed by atoms with Crippen LogP contribution in [0.25, 0.3) is 10.9 Å². The van der Waals surface area contributed by atoms with Crippen LogP contribution < -0.4 is 10.1 Å². The van der Waals surface area contributed by atoms with E-state index in [1.165, 1.54) is 16.6 Å². The van der Waals surface area contributed by atoms with E-state index in [2.05, 4.69) is 36.3 Å². The molecule has 1 aliphatic carbocycles. The van der Waals surface area contributed by atoms with E-state index < -0.39 is 0 Å². The highest BCUT2D eigenvalue weighted by Gasteiger charge is 2.25. The number of rotatable bonds is 4. The standard InChI is InChI=1S/C18H24N2O2/c1-11(2)9-17(21)19-16-6-4-5-13-14-10-12(22-3)7-8-15(14)20-18(13)16/h7-8,10-11,16,20H,4-6,9H2,1-3H3,(H,19,21)/t16-/m1/s1. The number of ether oxygens (including phenoxy) is 1. The maximum absolute atomic E-state index is 12.1. The van der Waals surface area contributed by atoms with E-state index in [9.17, 15) is 4.79 Å². The fraction of sp³-hybridized carbons (Fsp3) is 0.500. The molecule has 0 bridgehead atoms. The second kappa shape index (κ2) is 6.03. The first-order valence-corrected chi connectivity index (χ1v) is 8.06. The van der Waals surface area contributed by atoms with Crippen LogP contribution in [0.3, 0.4) is 0 Å². The highest BCUT2D eigenvalue weighted by atomic mass is 16.5. The maximum Gasteiger partial charge on any atom is 0.220 e. The van der Waals surface area contributed by atoms with Crippen LogP contribution in [-0.2, 0) is 11.2 Å². The Morgan fingerprint density at radius 2 is 2.27 bits per heavy atom. The number of aromatic amines is 1. The SMILES string of the molecule is COc1ccc2[nH]c3c(c2c1)CCC[C@H]3NC(=O)CC(C)C. The zero-order valence-electron chi connectivity index (χ0n) is 13.5. The molecule has 0 radical (unpaired) electrons. The highest BCUT2D eigenvalue weighted by molar-refractivity contribution is 5.87. The largest absolute Gasteiger partial charge is 0.497 e. The normalized spacial score (nSPS) is 17.5. The topological polar surface area (TPSA) is 54.1 Å². The molecule has 3 rings (SSSR count). The minimum Gasteiger partial charge on any atom is -0.497 e. The lowest BCUT2D eigenvalue weighted by molar-refractivity contribution is -0.122. The van der Waals surface area contributed by atoms with Gasteiger partial charge in [-0.15, -0.1) is 0 Å². The summed E-state index contributed by atoms with van der Waals surface area (Å²) in [7, 11) is 1.69. The zero-order valence-corrected chi connectivity index (χ0v) is 13.5. The molecule has 0 spiro atoms. The van der Waals surface area contributed by atoms with Crippen molar-refractivity contribution in [2.75, 3.05) is 7.11 Å². The van der Waals surface area contributed by atoms with Gasteiger partial charge in [-0.3, -0.25) is 4.79 Å². The Hall–Kier alpha value is -1.97. The third kappa shape index (κ3) is 2.82. The summed E-state index contributed by atoms with van der Waals surface area (Å²) in [5.74, 6) is 1.40. The van der Waals surface area contributed by atoms with Gasteiger partial charge in [-0.1, -0.05) is 13.8 Å². The second-order valence-corrected chi connectivity index (χ2v) is 6.54. The number of hydrogen-bond donors (Lipinski definition) is 2. The fourth-order valence-corrected chi connectivity index (χ4v) is 3.34. The van der Waals surface area contributed by atoms with Crippen molar-refractivity contribution in [2.24, 2.45) is 5.92 Å². The summed E-state index contributed by atoms with van der Waals surface area (Å²) >= 11 is 0. The van der Waals surface area contributed by atoms with Gasteiger partial charge in [0.25, 0.3) is 0 Å². The van der Waals surface area contributed by atoms with Gasteiger partial charge in [-0.05, 0) is 48.9 Å². The average Bonchev–Trinajstić information content (AvgIpc) is 2.85. The maximum atomic E-state index is 12.1. The van der Waals surface area contributed by atoms with Crippen LogP contribution in [0.1, 0.15) is 50.4 Å². The molecule has 2 aromatic rings. The summed E-state index contributed by atoms with van der Waals surface area (Å²) in [4.78, 5) is 15.6. The minimum absolute atomic E-state index is 0.105. The number of hydrogen-bond acceptors (Lipinski definition) is 2. The number of methoxy groups -OCH3 is 1. The highest BCUT2D eigenvalue weighted by Crippen LogP contribution is 2.36. The lowest BCUT2D eigenvalue weighted by Crippen LogP contribution is -2.31. The lowest BCUT2D eigenvalue weighted by atomic mass is 9.91. The molecule has 4 nitrogen and oxygen atoms in total. The van der Waals surface area contributed by atoms with Crippen molar-refractivity contribution in [1.82, 2.24) is 10.3 Å². The van der Waals surface area contributed by atoms with E-state index >= 15 is 0 Å². The van der Waals surface area contributed by atoms with Gasteiger partial charge in [-0.2, -0.15) is 0 Å². The van der Waals surface area contributed by atoms with Gasteiger partial charge in [0.15, 0.2) is 0 Å². The van der Waals surface area contributed by atoms with E-state index in [0.29, 0.717) is 12.3 Å². The molecular formula is C18H24N2O2. The van der Waals surface area contributed by atoms with Gasteiger partial charge >= 0.3 is 0 Å². The summed E-state index contributed by atoms with van der Waals surface area (Å²) in [5.41, 5.74) is 3.62. The summed E-state index contributed by atoms with van der Waals surface area (Å²) in [6.45, 7) is 4.14. The van der Waals surface area contributed by atoms with Gasteiger partial charge in [0.1, 0.15) is 5.75 Å². The van der Waals surface area contributed by atoms with E-state index in [1.807, 2.05) is 6.07 Å². The number of amides is 1. The Bertz CT molecular complexity index is 688. The predicted octanol–water partition coefficient (Wildman–Crippen LogP) is 3.72. The van der Waals surface area contributed by atoms with Crippen molar-refractivity contribution in [3.63, 3.8) is 0 Å². The number of carbonyl (C=O) groups is 1. The summed E-state index contributed by atoms with van der Waals surface area (Å²) < 4.78 is 5.33. The Kier molecular flexibility index (Phi) is 4.10. The van der Waals surface area contributed by atoms with Crippen molar-refractivity contribution < 1.29 is 9.53 Å². The van der Waals surface area contributed by atoms with Crippen molar-refractivity contribution in [3.05, 3.63) is 29.5 Å². The first-order valence-electron chi connectivity index (χ1n) is 8.06. The lowest BCUT2D eigenvalue weighted by Gasteiger charge is -2.24. The smallest absolute Gasteiger partial charge is 0.220 e. The molecule has 1 heterocycles. The summed E-state index contributed by atoms with van der Waals surface area (Å²) in [5, 5.41) is 4.41. The van der Waals surface area contributed by atoms with Gasteiger partial charge in [0.2, 0.25) is 5.91 Å². The van der Waals surface area contributed by atoms with Crippen LogP contribution in [0.5, 0.6) is 5.75 Å². The molecule has 0 saturated carbocycles. The fourth-order valence-electron chi connectivity index (χ4n) is 3.34. The molecule has 4 heteroatoms. The molecule has 22 heavy (non-hydrogen) atoms. The average molecular weight is 300 g/mol. The summed E-state index contributed by atoms with van der Waals surface area (Å²) in [6.07, 6.45) is 3.74. The number of H-pyrrole nitrogens is 1. The number of benzene rings is 1. The van der Waals surface area contributed by atoms with Gasteiger partial charge < -0.3 is 15.0 Å². The third-order valence-electron chi connectivity index (χ3n) is 4.34. The molecule has 1 atom stereocenters. The Balaban J connectivity index is 1.91. The van der Waals surface area contributed by atoms with E-state index in [0.717, 1.165) is 30.5 Å². The van der Waals surface area contributed by atoms with Crippen LogP contribution in [-0.4, -0.2) is 18.0 Å². The monoisotopic (exact) mass is 300 g/mol. The Labute approximate surface area is 131 Å². The van der Waals surface area contributed by atoms with E-state index in [-0.39, 0.29) is 11.9 Å². The molecule has 1 aromatic carbocycles.